The standard InChI is InChI=1S/C7H17Cl2P/c1-4-6-7-10(3,8,9)5-2/h4-7H2,1-3H3. The van der Waals surface area contributed by atoms with E-state index in [0.29, 0.717) is 0 Å². The van der Waals surface area contributed by atoms with Gasteiger partial charge in [-0.05, 0) is 0 Å². The van der Waals surface area contributed by atoms with E-state index in [4.69, 9.17) is 22.5 Å². The maximum absolute atomic E-state index is 6.25. The van der Waals surface area contributed by atoms with Crippen LogP contribution in [0, 0.1) is 0 Å². The van der Waals surface area contributed by atoms with E-state index in [0.717, 1.165) is 18.7 Å². The van der Waals surface area contributed by atoms with Gasteiger partial charge in [0.15, 0.2) is 0 Å². The van der Waals surface area contributed by atoms with Crippen LogP contribution in [0.25, 0.3) is 0 Å². The fourth-order valence-corrected chi connectivity index (χ4v) is 2.83. The van der Waals surface area contributed by atoms with Gasteiger partial charge < -0.3 is 0 Å². The van der Waals surface area contributed by atoms with Crippen molar-refractivity contribution >= 4 is 27.8 Å². The monoisotopic (exact) mass is 202 g/mol. The summed E-state index contributed by atoms with van der Waals surface area (Å²) in [5.41, 5.74) is 0. The second-order valence-corrected chi connectivity index (χ2v) is 14.1. The van der Waals surface area contributed by atoms with Crippen LogP contribution in [0.3, 0.4) is 0 Å². The predicted molar refractivity (Wildman–Crippen MR) is 54.9 cm³/mol. The number of halogens is 2. The summed E-state index contributed by atoms with van der Waals surface area (Å²) < 4.78 is 0. The Kier molecular flexibility index (Phi) is 3.97. The van der Waals surface area contributed by atoms with Crippen molar-refractivity contribution in [3.8, 4) is 0 Å². The first-order chi connectivity index (χ1) is 4.39. The van der Waals surface area contributed by atoms with Gasteiger partial charge in [-0.1, -0.05) is 0 Å². The molecule has 0 aliphatic carbocycles. The molecule has 0 N–H and O–H groups in total. The van der Waals surface area contributed by atoms with Crippen molar-refractivity contribution < 1.29 is 0 Å². The third-order valence-corrected chi connectivity index (χ3v) is 7.27. The quantitative estimate of drug-likeness (QED) is 0.597. The Bertz CT molecular complexity index is 104. The molecule has 3 heteroatoms. The average molecular weight is 203 g/mol. The molecule has 0 aliphatic rings. The molecule has 0 saturated heterocycles. The van der Waals surface area contributed by atoms with Crippen LogP contribution in [-0.2, 0) is 0 Å². The third kappa shape index (κ3) is 4.77. The van der Waals surface area contributed by atoms with Crippen molar-refractivity contribution in [3.63, 3.8) is 0 Å². The van der Waals surface area contributed by atoms with Gasteiger partial charge in [-0.15, -0.1) is 0 Å². The van der Waals surface area contributed by atoms with E-state index in [1.807, 2.05) is 6.66 Å². The first-order valence-corrected chi connectivity index (χ1v) is 8.70. The van der Waals surface area contributed by atoms with Crippen LogP contribution in [-0.4, -0.2) is 19.0 Å². The maximum atomic E-state index is 6.25. The molecular weight excluding hydrogens is 186 g/mol. The summed E-state index contributed by atoms with van der Waals surface area (Å²) in [7, 11) is 0. The SMILES string of the molecule is CCCCP(C)(Cl)(Cl)CC. The summed E-state index contributed by atoms with van der Waals surface area (Å²) in [5, 5.41) is -2.21. The van der Waals surface area contributed by atoms with Crippen molar-refractivity contribution in [1.82, 2.24) is 0 Å². The number of unbranched alkanes of at least 4 members (excludes halogenated alkanes) is 1. The third-order valence-electron chi connectivity index (χ3n) is 1.84. The van der Waals surface area contributed by atoms with E-state index < -0.39 is 5.31 Å². The van der Waals surface area contributed by atoms with Crippen LogP contribution >= 0.6 is 27.8 Å². The molecule has 10 heavy (non-hydrogen) atoms. The molecule has 0 nitrogen and oxygen atoms in total. The van der Waals surface area contributed by atoms with Gasteiger partial charge in [0.25, 0.3) is 0 Å². The van der Waals surface area contributed by atoms with Crippen molar-refractivity contribution in [2.75, 3.05) is 19.0 Å². The molecule has 0 atom stereocenters. The molecule has 0 radical (unpaired) electrons. The Hall–Kier alpha value is 1.01. The topological polar surface area (TPSA) is 0 Å². The van der Waals surface area contributed by atoms with E-state index in [1.165, 1.54) is 6.42 Å². The zero-order chi connectivity index (χ0) is 8.28. The van der Waals surface area contributed by atoms with Gasteiger partial charge >= 0.3 is 73.5 Å². The van der Waals surface area contributed by atoms with Gasteiger partial charge in [-0.25, -0.2) is 0 Å². The summed E-state index contributed by atoms with van der Waals surface area (Å²) in [6.45, 7) is 6.27. The molecule has 0 spiro atoms. The van der Waals surface area contributed by atoms with Crippen molar-refractivity contribution in [1.29, 1.82) is 0 Å². The predicted octanol–water partition coefficient (Wildman–Crippen LogP) is 4.30. The normalized spacial score (nSPS) is 16.3. The van der Waals surface area contributed by atoms with Gasteiger partial charge in [0.1, 0.15) is 0 Å². The molecule has 0 saturated carbocycles. The molecule has 64 valence electrons. The fraction of sp³-hybridized carbons (Fsp3) is 1.00. The Labute approximate surface area is 73.8 Å². The van der Waals surface area contributed by atoms with Crippen molar-refractivity contribution in [2.24, 2.45) is 0 Å². The van der Waals surface area contributed by atoms with E-state index in [-0.39, 0.29) is 0 Å². The second-order valence-electron chi connectivity index (χ2n) is 3.13. The van der Waals surface area contributed by atoms with Crippen LogP contribution in [0.5, 0.6) is 0 Å². The van der Waals surface area contributed by atoms with Gasteiger partial charge in [0.05, 0.1) is 0 Å². The van der Waals surface area contributed by atoms with E-state index >= 15 is 0 Å². The zero-order valence-corrected chi connectivity index (χ0v) is 9.44. The molecule has 0 aliphatic heterocycles. The minimum atomic E-state index is -2.21. The Morgan fingerprint density at radius 2 is 1.70 bits per heavy atom. The van der Waals surface area contributed by atoms with Crippen LogP contribution in [0.15, 0.2) is 0 Å². The van der Waals surface area contributed by atoms with Crippen molar-refractivity contribution in [3.05, 3.63) is 0 Å². The molecule has 0 rings (SSSR count). The Morgan fingerprint density at radius 3 is 2.00 bits per heavy atom. The summed E-state index contributed by atoms with van der Waals surface area (Å²) in [6, 6.07) is 0. The zero-order valence-electron chi connectivity index (χ0n) is 7.03. The molecule has 0 unspecified atom stereocenters. The van der Waals surface area contributed by atoms with E-state index in [9.17, 15) is 0 Å². The van der Waals surface area contributed by atoms with Gasteiger partial charge in [0, 0.05) is 0 Å². The fourth-order valence-electron chi connectivity index (χ4n) is 0.706. The molecule has 0 bridgehead atoms. The van der Waals surface area contributed by atoms with Gasteiger partial charge in [-0.3, -0.25) is 0 Å². The Balaban J connectivity index is 3.84. The minimum absolute atomic E-state index is 0.939. The molecule has 0 aromatic rings. The van der Waals surface area contributed by atoms with Crippen LogP contribution in [0.1, 0.15) is 26.7 Å². The summed E-state index contributed by atoms with van der Waals surface area (Å²) in [6.07, 6.45) is 4.30. The molecular formula is C7H17Cl2P. The van der Waals surface area contributed by atoms with Crippen molar-refractivity contribution in [2.45, 2.75) is 26.7 Å². The average Bonchev–Trinajstić information content (AvgIpc) is 1.84. The molecule has 0 aromatic carbocycles. The summed E-state index contributed by atoms with van der Waals surface area (Å²) >= 11 is 12.5. The summed E-state index contributed by atoms with van der Waals surface area (Å²) in [5.74, 6) is 0. The molecule has 0 heterocycles. The van der Waals surface area contributed by atoms with Crippen LogP contribution < -0.4 is 0 Å². The Morgan fingerprint density at radius 1 is 1.20 bits per heavy atom. The second kappa shape index (κ2) is 3.61. The number of rotatable bonds is 4. The van der Waals surface area contributed by atoms with Gasteiger partial charge in [0.2, 0.25) is 0 Å². The summed E-state index contributed by atoms with van der Waals surface area (Å²) in [4.78, 5) is 0. The molecule has 0 aromatic heterocycles. The first kappa shape index (κ1) is 11.0. The van der Waals surface area contributed by atoms with Crippen LogP contribution in [0.2, 0.25) is 0 Å². The first-order valence-electron chi connectivity index (χ1n) is 3.83. The number of hydrogen-bond donors (Lipinski definition) is 0. The van der Waals surface area contributed by atoms with E-state index in [1.54, 1.807) is 0 Å². The molecule has 0 fully saturated rings. The van der Waals surface area contributed by atoms with Gasteiger partial charge in [-0.2, -0.15) is 0 Å². The number of hydrogen-bond acceptors (Lipinski definition) is 0. The molecule has 0 amide bonds. The van der Waals surface area contributed by atoms with E-state index in [2.05, 4.69) is 13.8 Å². The van der Waals surface area contributed by atoms with Crippen LogP contribution in [0.4, 0.5) is 0 Å².